The first-order valence-electron chi connectivity index (χ1n) is 7.56. The predicted molar refractivity (Wildman–Crippen MR) is 95.6 cm³/mol. The normalized spacial score (nSPS) is 12.7. The molecule has 0 bridgehead atoms. The molecular weight excluding hydrogens is 307 g/mol. The summed E-state index contributed by atoms with van der Waals surface area (Å²) in [5.74, 6) is 0.518. The molecule has 0 aliphatic carbocycles. The Labute approximate surface area is 138 Å². The van der Waals surface area contributed by atoms with E-state index in [1.807, 2.05) is 24.3 Å². The summed E-state index contributed by atoms with van der Waals surface area (Å²) in [6, 6.07) is 14.1. The van der Waals surface area contributed by atoms with Crippen molar-refractivity contribution in [3.05, 3.63) is 72.1 Å². The van der Waals surface area contributed by atoms with Crippen molar-refractivity contribution in [2.24, 2.45) is 0 Å². The van der Waals surface area contributed by atoms with Gasteiger partial charge < -0.3 is 9.16 Å². The van der Waals surface area contributed by atoms with Gasteiger partial charge in [-0.05, 0) is 60.6 Å². The third kappa shape index (κ3) is 4.78. The summed E-state index contributed by atoms with van der Waals surface area (Å²) in [5, 5.41) is 0. The predicted octanol–water partition coefficient (Wildman–Crippen LogP) is 5.44. The smallest absolute Gasteiger partial charge is 0.185 e. The maximum absolute atomic E-state index is 13.2. The van der Waals surface area contributed by atoms with Gasteiger partial charge in [-0.1, -0.05) is 30.8 Å². The summed E-state index contributed by atoms with van der Waals surface area (Å²) in [7, 11) is -0.172. The van der Waals surface area contributed by atoms with Crippen molar-refractivity contribution in [1.29, 1.82) is 0 Å². The van der Waals surface area contributed by atoms with Crippen LogP contribution in [0, 0.1) is 5.82 Å². The average molecular weight is 330 g/mol. The second-order valence-electron chi connectivity index (χ2n) is 6.42. The molecule has 0 aromatic heterocycles. The number of halogens is 1. The van der Waals surface area contributed by atoms with E-state index in [4.69, 9.17) is 9.16 Å². The largest absolute Gasteiger partial charge is 0.497 e. The van der Waals surface area contributed by atoms with Crippen molar-refractivity contribution < 1.29 is 13.6 Å². The monoisotopic (exact) mass is 330 g/mol. The van der Waals surface area contributed by atoms with Crippen LogP contribution in [-0.2, 0) is 4.43 Å². The van der Waals surface area contributed by atoms with Crippen LogP contribution in [-0.4, -0.2) is 15.4 Å². The Balaban J connectivity index is 2.40. The third-order valence-corrected chi connectivity index (χ3v) is 4.34. The van der Waals surface area contributed by atoms with Crippen LogP contribution in [0.3, 0.4) is 0 Å². The molecule has 0 saturated carbocycles. The first kappa shape index (κ1) is 17.4. The molecule has 1 atom stereocenters. The molecule has 0 aliphatic rings. The highest BCUT2D eigenvalue weighted by Crippen LogP contribution is 2.35. The van der Waals surface area contributed by atoms with Gasteiger partial charge in [0.15, 0.2) is 8.32 Å². The minimum atomic E-state index is -1.81. The molecule has 0 saturated heterocycles. The molecule has 2 nitrogen and oxygen atoms in total. The molecule has 2 aromatic carbocycles. The van der Waals surface area contributed by atoms with Crippen LogP contribution in [0.4, 0.5) is 4.39 Å². The lowest BCUT2D eigenvalue weighted by molar-refractivity contribution is 0.257. The number of ether oxygens (including phenoxy) is 1. The quantitative estimate of drug-likeness (QED) is 0.657. The molecule has 0 radical (unpaired) electrons. The summed E-state index contributed by atoms with van der Waals surface area (Å²) in [6.45, 7) is 10.6. The Morgan fingerprint density at radius 2 is 1.74 bits per heavy atom. The van der Waals surface area contributed by atoms with Gasteiger partial charge in [-0.3, -0.25) is 0 Å². The zero-order chi connectivity index (χ0) is 17.0. The Kier molecular flexibility index (Phi) is 5.39. The molecule has 4 heteroatoms. The van der Waals surface area contributed by atoms with Crippen molar-refractivity contribution in [2.45, 2.75) is 25.7 Å². The van der Waals surface area contributed by atoms with E-state index < -0.39 is 8.32 Å². The number of hydrogen-bond donors (Lipinski definition) is 0. The maximum atomic E-state index is 13.2. The van der Waals surface area contributed by atoms with E-state index in [9.17, 15) is 4.39 Å². The van der Waals surface area contributed by atoms with E-state index in [2.05, 4.69) is 26.2 Å². The van der Waals surface area contributed by atoms with Gasteiger partial charge in [0.2, 0.25) is 0 Å². The lowest BCUT2D eigenvalue weighted by atomic mass is 9.96. The highest BCUT2D eigenvalue weighted by molar-refractivity contribution is 6.69. The van der Waals surface area contributed by atoms with Crippen LogP contribution >= 0.6 is 0 Å². The SMILES string of the molecule is C=C(c1ccc(F)cc1)C(O[Si](C)(C)C)c1cccc(OC)c1. The Bertz CT molecular complexity index is 675. The van der Waals surface area contributed by atoms with E-state index in [0.717, 1.165) is 22.4 Å². The summed E-state index contributed by atoms with van der Waals surface area (Å²) >= 11 is 0. The molecule has 122 valence electrons. The fraction of sp³-hybridized carbons (Fsp3) is 0.263. The Morgan fingerprint density at radius 3 is 2.30 bits per heavy atom. The van der Waals surface area contributed by atoms with E-state index >= 15 is 0 Å². The van der Waals surface area contributed by atoms with Gasteiger partial charge in [-0.2, -0.15) is 0 Å². The minimum absolute atomic E-state index is 0.259. The molecule has 1 unspecified atom stereocenters. The number of methoxy groups -OCH3 is 1. The fourth-order valence-corrected chi connectivity index (χ4v) is 3.30. The standard InChI is InChI=1S/C19H23FO2Si/c1-14(15-9-11-17(20)12-10-15)19(22-23(3,4)5)16-7-6-8-18(13-16)21-2/h6-13,19H,1H2,2-5H3. The average Bonchev–Trinajstić information content (AvgIpc) is 2.52. The van der Waals surface area contributed by atoms with Crippen molar-refractivity contribution in [2.75, 3.05) is 7.11 Å². The molecule has 0 heterocycles. The zero-order valence-electron chi connectivity index (χ0n) is 14.1. The van der Waals surface area contributed by atoms with E-state index in [1.54, 1.807) is 19.2 Å². The topological polar surface area (TPSA) is 18.5 Å². The van der Waals surface area contributed by atoms with Crippen LogP contribution in [0.15, 0.2) is 55.1 Å². The number of rotatable bonds is 6. The van der Waals surface area contributed by atoms with E-state index in [1.165, 1.54) is 12.1 Å². The van der Waals surface area contributed by atoms with Crippen LogP contribution in [0.5, 0.6) is 5.75 Å². The molecule has 0 amide bonds. The lowest BCUT2D eigenvalue weighted by Crippen LogP contribution is -2.28. The third-order valence-electron chi connectivity index (χ3n) is 3.40. The molecule has 2 aromatic rings. The summed E-state index contributed by atoms with van der Waals surface area (Å²) in [4.78, 5) is 0. The van der Waals surface area contributed by atoms with Crippen molar-refractivity contribution in [3.63, 3.8) is 0 Å². The van der Waals surface area contributed by atoms with Gasteiger partial charge in [0.1, 0.15) is 11.6 Å². The lowest BCUT2D eigenvalue weighted by Gasteiger charge is -2.29. The number of benzene rings is 2. The van der Waals surface area contributed by atoms with Crippen LogP contribution in [0.1, 0.15) is 17.2 Å². The number of hydrogen-bond acceptors (Lipinski definition) is 2. The first-order chi connectivity index (χ1) is 10.8. The van der Waals surface area contributed by atoms with Gasteiger partial charge >= 0.3 is 0 Å². The van der Waals surface area contributed by atoms with Crippen LogP contribution < -0.4 is 4.74 Å². The zero-order valence-corrected chi connectivity index (χ0v) is 15.1. The maximum Gasteiger partial charge on any atom is 0.185 e. The van der Waals surface area contributed by atoms with Gasteiger partial charge in [0, 0.05) is 0 Å². The van der Waals surface area contributed by atoms with E-state index in [0.29, 0.717) is 0 Å². The van der Waals surface area contributed by atoms with Crippen LogP contribution in [0.2, 0.25) is 19.6 Å². The first-order valence-corrected chi connectivity index (χ1v) is 11.0. The molecular formula is C19H23FO2Si. The van der Waals surface area contributed by atoms with Crippen molar-refractivity contribution in [3.8, 4) is 5.75 Å². The summed E-state index contributed by atoms with van der Waals surface area (Å²) in [6.07, 6.45) is -0.276. The molecule has 23 heavy (non-hydrogen) atoms. The van der Waals surface area contributed by atoms with Gasteiger partial charge in [0.25, 0.3) is 0 Å². The summed E-state index contributed by atoms with van der Waals surface area (Å²) < 4.78 is 24.8. The fourth-order valence-electron chi connectivity index (χ4n) is 2.31. The second kappa shape index (κ2) is 7.11. The molecule has 0 N–H and O–H groups in total. The molecule has 0 aliphatic heterocycles. The molecule has 2 rings (SSSR count). The highest BCUT2D eigenvalue weighted by atomic mass is 28.4. The van der Waals surface area contributed by atoms with Crippen molar-refractivity contribution in [1.82, 2.24) is 0 Å². The van der Waals surface area contributed by atoms with Crippen molar-refractivity contribution >= 4 is 13.9 Å². The molecule has 0 spiro atoms. The molecule has 0 fully saturated rings. The van der Waals surface area contributed by atoms with Gasteiger partial charge in [-0.15, -0.1) is 0 Å². The highest BCUT2D eigenvalue weighted by Gasteiger charge is 2.25. The van der Waals surface area contributed by atoms with E-state index in [-0.39, 0.29) is 11.9 Å². The Morgan fingerprint density at radius 1 is 1.09 bits per heavy atom. The van der Waals surface area contributed by atoms with Gasteiger partial charge in [-0.25, -0.2) is 4.39 Å². The minimum Gasteiger partial charge on any atom is -0.497 e. The summed E-state index contributed by atoms with van der Waals surface area (Å²) in [5.41, 5.74) is 2.68. The second-order valence-corrected chi connectivity index (χ2v) is 10.9. The van der Waals surface area contributed by atoms with Crippen LogP contribution in [0.25, 0.3) is 5.57 Å². The van der Waals surface area contributed by atoms with Gasteiger partial charge in [0.05, 0.1) is 13.2 Å². The Hall–Kier alpha value is -1.91.